The molecule has 6 heteroatoms. The Labute approximate surface area is 129 Å². The van der Waals surface area contributed by atoms with Crippen LogP contribution in [-0.4, -0.2) is 24.3 Å². The van der Waals surface area contributed by atoms with Gasteiger partial charge in [-0.3, -0.25) is 0 Å². The predicted molar refractivity (Wildman–Crippen MR) is 82.8 cm³/mol. The van der Waals surface area contributed by atoms with Crippen LogP contribution < -0.4 is 10.2 Å². The van der Waals surface area contributed by atoms with E-state index in [9.17, 15) is 10.0 Å². The van der Waals surface area contributed by atoms with E-state index in [4.69, 9.17) is 21.1 Å². The smallest absolute Gasteiger partial charge is 0.488 e. The van der Waals surface area contributed by atoms with Crippen molar-refractivity contribution in [1.82, 2.24) is 0 Å². The summed E-state index contributed by atoms with van der Waals surface area (Å²) in [5, 5.41) is 19.1. The number of ether oxygens (including phenoxy) is 2. The molecule has 21 heavy (non-hydrogen) atoms. The van der Waals surface area contributed by atoms with Crippen LogP contribution in [0.25, 0.3) is 0 Å². The second-order valence-corrected chi connectivity index (χ2v) is 5.00. The van der Waals surface area contributed by atoms with Crippen LogP contribution in [0.5, 0.6) is 5.75 Å². The minimum atomic E-state index is -1.51. The van der Waals surface area contributed by atoms with Crippen LogP contribution in [0.1, 0.15) is 11.1 Å². The molecule has 0 aliphatic carbocycles. The van der Waals surface area contributed by atoms with Gasteiger partial charge in [-0.15, -0.1) is 0 Å². The molecule has 2 aromatic rings. The number of rotatable bonds is 6. The highest BCUT2D eigenvalue weighted by Crippen LogP contribution is 2.18. The summed E-state index contributed by atoms with van der Waals surface area (Å²) in [6.07, 6.45) is 0. The van der Waals surface area contributed by atoms with E-state index in [1.54, 1.807) is 31.4 Å². The lowest BCUT2D eigenvalue weighted by Gasteiger charge is -2.11. The minimum absolute atomic E-state index is 0.302. The molecule has 2 aromatic carbocycles. The molecule has 2 N–H and O–H groups in total. The summed E-state index contributed by atoms with van der Waals surface area (Å²) < 4.78 is 10.9. The van der Waals surface area contributed by atoms with Crippen molar-refractivity contribution >= 4 is 24.2 Å². The summed E-state index contributed by atoms with van der Waals surface area (Å²) in [6.45, 7) is 0.714. The van der Waals surface area contributed by atoms with Crippen molar-refractivity contribution in [3.63, 3.8) is 0 Å². The molecule has 110 valence electrons. The van der Waals surface area contributed by atoms with Gasteiger partial charge in [0.2, 0.25) is 0 Å². The average Bonchev–Trinajstić information content (AvgIpc) is 2.47. The maximum absolute atomic E-state index is 9.20. The van der Waals surface area contributed by atoms with E-state index in [1.807, 2.05) is 18.2 Å². The summed E-state index contributed by atoms with van der Waals surface area (Å²) in [7, 11) is 0.0489. The maximum Gasteiger partial charge on any atom is 0.488 e. The Hall–Kier alpha value is -1.53. The Morgan fingerprint density at radius 2 is 1.90 bits per heavy atom. The van der Waals surface area contributed by atoms with Crippen LogP contribution in [-0.2, 0) is 18.0 Å². The largest absolute Gasteiger partial charge is 0.496 e. The molecule has 0 saturated carbocycles. The first-order valence-corrected chi connectivity index (χ1v) is 6.83. The van der Waals surface area contributed by atoms with Crippen molar-refractivity contribution in [2.75, 3.05) is 7.11 Å². The van der Waals surface area contributed by atoms with E-state index in [2.05, 4.69) is 0 Å². The summed E-state index contributed by atoms with van der Waals surface area (Å²) in [5.74, 6) is 0.644. The molecule has 0 aromatic heterocycles. The zero-order chi connectivity index (χ0) is 15.2. The van der Waals surface area contributed by atoms with Crippen LogP contribution in [0.4, 0.5) is 0 Å². The number of methoxy groups -OCH3 is 1. The number of hydrogen-bond acceptors (Lipinski definition) is 4. The van der Waals surface area contributed by atoms with Gasteiger partial charge in [0.15, 0.2) is 0 Å². The van der Waals surface area contributed by atoms with Gasteiger partial charge in [0, 0.05) is 10.6 Å². The molecule has 0 radical (unpaired) electrons. The average molecular weight is 307 g/mol. The second-order valence-electron chi connectivity index (χ2n) is 4.57. The van der Waals surface area contributed by atoms with Gasteiger partial charge in [-0.05, 0) is 29.2 Å². The molecule has 4 nitrogen and oxygen atoms in total. The summed E-state index contributed by atoms with van der Waals surface area (Å²) in [5.41, 5.74) is 2.13. The molecular weight excluding hydrogens is 290 g/mol. The molecule has 0 spiro atoms. The predicted octanol–water partition coefficient (Wildman–Crippen LogP) is 1.75. The Balaban J connectivity index is 2.03. The van der Waals surface area contributed by atoms with Crippen molar-refractivity contribution in [2.24, 2.45) is 0 Å². The van der Waals surface area contributed by atoms with Crippen LogP contribution in [0.3, 0.4) is 0 Å². The fraction of sp³-hybridized carbons (Fsp3) is 0.200. The number of hydrogen-bond donors (Lipinski definition) is 2. The van der Waals surface area contributed by atoms with Gasteiger partial charge in [0.1, 0.15) is 5.75 Å². The van der Waals surface area contributed by atoms with Gasteiger partial charge >= 0.3 is 7.12 Å². The van der Waals surface area contributed by atoms with Gasteiger partial charge < -0.3 is 19.5 Å². The topological polar surface area (TPSA) is 58.9 Å². The van der Waals surface area contributed by atoms with E-state index >= 15 is 0 Å². The lowest BCUT2D eigenvalue weighted by atomic mass is 9.79. The fourth-order valence-corrected chi connectivity index (χ4v) is 2.19. The first kappa shape index (κ1) is 15.9. The van der Waals surface area contributed by atoms with E-state index in [0.717, 1.165) is 11.1 Å². The lowest BCUT2D eigenvalue weighted by Crippen LogP contribution is -2.30. The molecule has 0 bridgehead atoms. The monoisotopic (exact) mass is 306 g/mol. The first-order chi connectivity index (χ1) is 10.1. The standard InChI is InChI=1S/C15H16BClO4/c1-20-15-6-5-13(16(18)19)8-12(15)10-21-9-11-3-2-4-14(17)7-11/h2-8,18-19H,9-10H2,1H3. The molecule has 0 saturated heterocycles. The van der Waals surface area contributed by atoms with Crippen molar-refractivity contribution in [1.29, 1.82) is 0 Å². The van der Waals surface area contributed by atoms with Gasteiger partial charge in [0.25, 0.3) is 0 Å². The maximum atomic E-state index is 9.20. The molecule has 0 fully saturated rings. The Kier molecular flexibility index (Phi) is 5.64. The zero-order valence-corrected chi connectivity index (χ0v) is 12.4. The number of benzene rings is 2. The van der Waals surface area contributed by atoms with E-state index in [-0.39, 0.29) is 0 Å². The van der Waals surface area contributed by atoms with Crippen molar-refractivity contribution in [3.8, 4) is 5.75 Å². The van der Waals surface area contributed by atoms with E-state index < -0.39 is 7.12 Å². The molecule has 0 heterocycles. The third-order valence-corrected chi connectivity index (χ3v) is 3.25. The van der Waals surface area contributed by atoms with Crippen LogP contribution in [0.15, 0.2) is 42.5 Å². The lowest BCUT2D eigenvalue weighted by molar-refractivity contribution is 0.105. The Morgan fingerprint density at radius 3 is 2.57 bits per heavy atom. The van der Waals surface area contributed by atoms with Crippen molar-refractivity contribution in [2.45, 2.75) is 13.2 Å². The van der Waals surface area contributed by atoms with Crippen LogP contribution in [0, 0.1) is 0 Å². The molecule has 0 unspecified atom stereocenters. The summed E-state index contributed by atoms with van der Waals surface area (Å²) in [6, 6.07) is 12.4. The SMILES string of the molecule is COc1ccc(B(O)O)cc1COCc1cccc(Cl)c1. The van der Waals surface area contributed by atoms with Crippen LogP contribution >= 0.6 is 11.6 Å². The van der Waals surface area contributed by atoms with Crippen molar-refractivity contribution in [3.05, 3.63) is 58.6 Å². The highest BCUT2D eigenvalue weighted by molar-refractivity contribution is 6.58. The minimum Gasteiger partial charge on any atom is -0.496 e. The molecule has 0 amide bonds. The molecule has 0 atom stereocenters. The summed E-state index contributed by atoms with van der Waals surface area (Å²) in [4.78, 5) is 0. The number of halogens is 1. The quantitative estimate of drug-likeness (QED) is 0.798. The Morgan fingerprint density at radius 1 is 1.10 bits per heavy atom. The highest BCUT2D eigenvalue weighted by atomic mass is 35.5. The second kappa shape index (κ2) is 7.47. The molecule has 0 aliphatic rings. The molecule has 2 rings (SSSR count). The normalized spacial score (nSPS) is 10.5. The summed E-state index contributed by atoms with van der Waals surface area (Å²) >= 11 is 5.91. The van der Waals surface area contributed by atoms with Gasteiger partial charge in [-0.1, -0.05) is 35.9 Å². The third kappa shape index (κ3) is 4.47. The first-order valence-electron chi connectivity index (χ1n) is 6.45. The third-order valence-electron chi connectivity index (χ3n) is 3.02. The van der Waals surface area contributed by atoms with E-state index in [1.165, 1.54) is 0 Å². The van der Waals surface area contributed by atoms with E-state index in [0.29, 0.717) is 29.4 Å². The Bertz CT molecular complexity index is 604. The molecular formula is C15H16BClO4. The highest BCUT2D eigenvalue weighted by Gasteiger charge is 2.13. The van der Waals surface area contributed by atoms with Gasteiger partial charge in [0.05, 0.1) is 20.3 Å². The zero-order valence-electron chi connectivity index (χ0n) is 11.6. The van der Waals surface area contributed by atoms with Crippen molar-refractivity contribution < 1.29 is 19.5 Å². The fourth-order valence-electron chi connectivity index (χ4n) is 1.98. The van der Waals surface area contributed by atoms with Gasteiger partial charge in [-0.2, -0.15) is 0 Å². The van der Waals surface area contributed by atoms with Gasteiger partial charge in [-0.25, -0.2) is 0 Å². The van der Waals surface area contributed by atoms with Crippen LogP contribution in [0.2, 0.25) is 5.02 Å². The molecule has 0 aliphatic heterocycles.